The molecule has 1 aliphatic heterocycles. The van der Waals surface area contributed by atoms with E-state index in [9.17, 15) is 9.90 Å². The van der Waals surface area contributed by atoms with E-state index in [1.807, 2.05) is 12.1 Å². The van der Waals surface area contributed by atoms with Crippen molar-refractivity contribution in [2.75, 3.05) is 26.3 Å². The van der Waals surface area contributed by atoms with Crippen molar-refractivity contribution in [3.05, 3.63) is 28.8 Å². The minimum Gasteiger partial charge on any atom is -0.492 e. The largest absolute Gasteiger partial charge is 0.492 e. The Labute approximate surface area is 142 Å². The van der Waals surface area contributed by atoms with Gasteiger partial charge in [0.15, 0.2) is 0 Å². The lowest BCUT2D eigenvalue weighted by molar-refractivity contribution is 0.172. The van der Waals surface area contributed by atoms with Gasteiger partial charge in [-0.3, -0.25) is 0 Å². The lowest BCUT2D eigenvalue weighted by Crippen LogP contribution is -2.43. The minimum absolute atomic E-state index is 0.0344. The molecule has 0 saturated carbocycles. The number of benzene rings is 1. The van der Waals surface area contributed by atoms with Gasteiger partial charge in [-0.25, -0.2) is 4.79 Å². The Balaban J connectivity index is 2.12. The molecule has 0 spiro atoms. The number of halogens is 1. The maximum Gasteiger partial charge on any atom is 0.317 e. The molecule has 1 heterocycles. The Morgan fingerprint density at radius 3 is 3.04 bits per heavy atom. The van der Waals surface area contributed by atoms with Crippen LogP contribution in [0.2, 0.25) is 5.02 Å². The van der Waals surface area contributed by atoms with Gasteiger partial charge in [0, 0.05) is 18.7 Å². The number of nitrogens with zero attached hydrogens (tertiary/aromatic N) is 1. The topological polar surface area (TPSA) is 61.8 Å². The Kier molecular flexibility index (Phi) is 6.99. The van der Waals surface area contributed by atoms with Gasteiger partial charge < -0.3 is 20.1 Å². The lowest BCUT2D eigenvalue weighted by Gasteiger charge is -2.26. The summed E-state index contributed by atoms with van der Waals surface area (Å²) in [6.07, 6.45) is 3.58. The van der Waals surface area contributed by atoms with E-state index in [1.54, 1.807) is 11.0 Å². The highest BCUT2D eigenvalue weighted by molar-refractivity contribution is 6.32. The number of fused-ring (bicyclic) bond motifs is 1. The van der Waals surface area contributed by atoms with Crippen molar-refractivity contribution in [3.8, 4) is 5.75 Å². The number of para-hydroxylation sites is 1. The second-order valence-corrected chi connectivity index (χ2v) is 6.12. The van der Waals surface area contributed by atoms with Gasteiger partial charge in [-0.15, -0.1) is 0 Å². The quantitative estimate of drug-likeness (QED) is 0.834. The van der Waals surface area contributed by atoms with Crippen LogP contribution in [0.1, 0.15) is 44.2 Å². The van der Waals surface area contributed by atoms with Crippen LogP contribution in [0.4, 0.5) is 4.79 Å². The second-order valence-electron chi connectivity index (χ2n) is 5.72. The highest BCUT2D eigenvalue weighted by Gasteiger charge is 2.24. The molecule has 1 unspecified atom stereocenters. The third kappa shape index (κ3) is 4.75. The van der Waals surface area contributed by atoms with E-state index < -0.39 is 0 Å². The van der Waals surface area contributed by atoms with Crippen molar-refractivity contribution in [1.29, 1.82) is 0 Å². The third-order valence-corrected chi connectivity index (χ3v) is 4.29. The summed E-state index contributed by atoms with van der Waals surface area (Å²) in [5.41, 5.74) is 0.919. The number of hydrogen-bond acceptors (Lipinski definition) is 3. The molecule has 0 fully saturated rings. The fourth-order valence-electron chi connectivity index (χ4n) is 2.74. The highest BCUT2D eigenvalue weighted by Crippen LogP contribution is 2.36. The number of aliphatic hydroxyl groups is 1. The van der Waals surface area contributed by atoms with Crippen molar-refractivity contribution in [2.45, 2.75) is 38.6 Å². The van der Waals surface area contributed by atoms with Crippen molar-refractivity contribution >= 4 is 17.6 Å². The summed E-state index contributed by atoms with van der Waals surface area (Å²) in [4.78, 5) is 14.2. The molecular weight excluding hydrogens is 316 g/mol. The summed E-state index contributed by atoms with van der Waals surface area (Å²) in [5, 5.41) is 12.8. The van der Waals surface area contributed by atoms with Crippen LogP contribution in [0.15, 0.2) is 18.2 Å². The molecule has 23 heavy (non-hydrogen) atoms. The van der Waals surface area contributed by atoms with E-state index in [0.717, 1.165) is 31.2 Å². The number of carbonyl (C=O) groups is 1. The molecule has 128 valence electrons. The zero-order valence-electron chi connectivity index (χ0n) is 13.6. The molecule has 0 aromatic heterocycles. The highest BCUT2D eigenvalue weighted by atomic mass is 35.5. The molecule has 1 aliphatic rings. The first-order valence-corrected chi connectivity index (χ1v) is 8.62. The van der Waals surface area contributed by atoms with Crippen molar-refractivity contribution in [3.63, 3.8) is 0 Å². The van der Waals surface area contributed by atoms with Crippen LogP contribution in [-0.4, -0.2) is 42.3 Å². The summed E-state index contributed by atoms with van der Waals surface area (Å²) in [7, 11) is 0. The minimum atomic E-state index is -0.148. The SMILES string of the molecule is CCCCN(CCO)C(=O)NC1CCCOc2c(Cl)cccc21. The third-order valence-electron chi connectivity index (χ3n) is 3.99. The van der Waals surface area contributed by atoms with Crippen LogP contribution in [0.5, 0.6) is 5.75 Å². The van der Waals surface area contributed by atoms with E-state index in [1.165, 1.54) is 0 Å². The molecule has 1 atom stereocenters. The van der Waals surface area contributed by atoms with Crippen LogP contribution in [0.3, 0.4) is 0 Å². The number of nitrogens with one attached hydrogen (secondary N) is 1. The molecular formula is C17H25ClN2O3. The van der Waals surface area contributed by atoms with Crippen LogP contribution in [-0.2, 0) is 0 Å². The van der Waals surface area contributed by atoms with Crippen LogP contribution in [0.25, 0.3) is 0 Å². The Bertz CT molecular complexity index is 525. The molecule has 0 radical (unpaired) electrons. The monoisotopic (exact) mass is 340 g/mol. The van der Waals surface area contributed by atoms with Crippen LogP contribution < -0.4 is 10.1 Å². The van der Waals surface area contributed by atoms with Gasteiger partial charge in [0.2, 0.25) is 0 Å². The Morgan fingerprint density at radius 1 is 1.48 bits per heavy atom. The van der Waals surface area contributed by atoms with Gasteiger partial charge in [0.05, 0.1) is 24.3 Å². The molecule has 1 aromatic carbocycles. The average molecular weight is 341 g/mol. The van der Waals surface area contributed by atoms with E-state index >= 15 is 0 Å². The van der Waals surface area contributed by atoms with E-state index in [4.69, 9.17) is 16.3 Å². The summed E-state index contributed by atoms with van der Waals surface area (Å²) >= 11 is 6.22. The molecule has 2 N–H and O–H groups in total. The number of ether oxygens (including phenoxy) is 1. The van der Waals surface area contributed by atoms with Crippen LogP contribution in [0, 0.1) is 0 Å². The number of carbonyl (C=O) groups excluding carboxylic acids is 1. The molecule has 2 amide bonds. The van der Waals surface area contributed by atoms with E-state index in [0.29, 0.717) is 30.5 Å². The number of aliphatic hydroxyl groups excluding tert-OH is 1. The van der Waals surface area contributed by atoms with Crippen molar-refractivity contribution < 1.29 is 14.6 Å². The van der Waals surface area contributed by atoms with Crippen molar-refractivity contribution in [1.82, 2.24) is 10.2 Å². The van der Waals surface area contributed by atoms with Gasteiger partial charge in [0.25, 0.3) is 0 Å². The predicted molar refractivity (Wildman–Crippen MR) is 91.0 cm³/mol. The Hall–Kier alpha value is -1.46. The zero-order valence-corrected chi connectivity index (χ0v) is 14.3. The van der Waals surface area contributed by atoms with E-state index in [2.05, 4.69) is 12.2 Å². The fourth-order valence-corrected chi connectivity index (χ4v) is 2.98. The van der Waals surface area contributed by atoms with Gasteiger partial charge in [-0.05, 0) is 25.3 Å². The summed E-state index contributed by atoms with van der Waals surface area (Å²) in [5.74, 6) is 0.666. The second kappa shape index (κ2) is 8.99. The number of rotatable bonds is 6. The molecule has 0 bridgehead atoms. The first-order valence-electron chi connectivity index (χ1n) is 8.24. The maximum atomic E-state index is 12.5. The van der Waals surface area contributed by atoms with Gasteiger partial charge in [-0.1, -0.05) is 37.1 Å². The van der Waals surface area contributed by atoms with Gasteiger partial charge in [-0.2, -0.15) is 0 Å². The number of amides is 2. The van der Waals surface area contributed by atoms with Crippen LogP contribution >= 0.6 is 11.6 Å². The van der Waals surface area contributed by atoms with Crippen molar-refractivity contribution in [2.24, 2.45) is 0 Å². The zero-order chi connectivity index (χ0) is 16.7. The molecule has 0 aliphatic carbocycles. The van der Waals surface area contributed by atoms with E-state index in [-0.39, 0.29) is 18.7 Å². The standard InChI is InChI=1S/C17H25ClN2O3/c1-2-3-9-20(10-11-21)17(22)19-15-8-5-12-23-16-13(15)6-4-7-14(16)18/h4,6-7,15,21H,2-3,5,8-12H2,1H3,(H,19,22). The van der Waals surface area contributed by atoms with Gasteiger partial charge in [0.1, 0.15) is 5.75 Å². The molecule has 1 aromatic rings. The maximum absolute atomic E-state index is 12.5. The summed E-state index contributed by atoms with van der Waals surface area (Å²) in [6, 6.07) is 5.34. The lowest BCUT2D eigenvalue weighted by atomic mass is 10.0. The summed E-state index contributed by atoms with van der Waals surface area (Å²) in [6.45, 7) is 3.63. The molecule has 2 rings (SSSR count). The number of hydrogen-bond donors (Lipinski definition) is 2. The Morgan fingerprint density at radius 2 is 2.30 bits per heavy atom. The number of urea groups is 1. The number of unbranched alkanes of at least 4 members (excludes halogenated alkanes) is 1. The predicted octanol–water partition coefficient (Wildman–Crippen LogP) is 3.36. The first kappa shape index (κ1) is 17.9. The first-order chi connectivity index (χ1) is 11.2. The molecule has 5 nitrogen and oxygen atoms in total. The smallest absolute Gasteiger partial charge is 0.317 e. The average Bonchev–Trinajstić information content (AvgIpc) is 2.75. The normalized spacial score (nSPS) is 16.9. The van der Waals surface area contributed by atoms with Gasteiger partial charge >= 0.3 is 6.03 Å². The summed E-state index contributed by atoms with van der Waals surface area (Å²) < 4.78 is 5.73. The fraction of sp³-hybridized carbons (Fsp3) is 0.588. The molecule has 6 heteroatoms. The molecule has 0 saturated heterocycles.